The van der Waals surface area contributed by atoms with E-state index in [1.165, 1.54) is 4.68 Å². The van der Waals surface area contributed by atoms with Crippen LogP contribution >= 0.6 is 27.5 Å². The summed E-state index contributed by atoms with van der Waals surface area (Å²) in [5.74, 6) is 1.35. The topological polar surface area (TPSA) is 56.5 Å². The van der Waals surface area contributed by atoms with Gasteiger partial charge in [0.1, 0.15) is 11.6 Å². The molecular formula is C23H25BrClN3O2. The molecule has 0 radical (unpaired) electrons. The summed E-state index contributed by atoms with van der Waals surface area (Å²) in [6.45, 7) is 8.16. The molecule has 0 amide bonds. The van der Waals surface area contributed by atoms with Crippen molar-refractivity contribution in [3.8, 4) is 5.75 Å². The van der Waals surface area contributed by atoms with E-state index in [0.29, 0.717) is 27.5 Å². The zero-order chi connectivity index (χ0) is 21.8. The molecular weight excluding hydrogens is 466 g/mol. The van der Waals surface area contributed by atoms with E-state index in [9.17, 15) is 4.79 Å². The van der Waals surface area contributed by atoms with Gasteiger partial charge < -0.3 is 4.74 Å². The lowest BCUT2D eigenvalue weighted by Crippen LogP contribution is -2.23. The average Bonchev–Trinajstić information content (AvgIpc) is 2.74. The molecule has 0 N–H and O–H groups in total. The van der Waals surface area contributed by atoms with Gasteiger partial charge in [-0.2, -0.15) is 9.78 Å². The highest BCUT2D eigenvalue weighted by atomic mass is 79.9. The first-order chi connectivity index (χ1) is 14.3. The van der Waals surface area contributed by atoms with Gasteiger partial charge in [-0.15, -0.1) is 0 Å². The maximum atomic E-state index is 13.2. The van der Waals surface area contributed by atoms with Gasteiger partial charge in [0, 0.05) is 10.4 Å². The van der Waals surface area contributed by atoms with Crippen molar-refractivity contribution in [2.24, 2.45) is 5.10 Å². The number of hydrogen-bond acceptors (Lipinski definition) is 4. The van der Waals surface area contributed by atoms with Crippen LogP contribution < -0.4 is 10.3 Å². The number of halogens is 2. The SMILES string of the molecule is CC[C@@H](C)Oc1ccc(C=Nn2c([C@H](C)CC)nc3ccc(Br)cc3c2=O)cc1Cl. The van der Waals surface area contributed by atoms with Crippen molar-refractivity contribution in [3.63, 3.8) is 0 Å². The molecule has 1 aromatic heterocycles. The average molecular weight is 491 g/mol. The zero-order valence-electron chi connectivity index (χ0n) is 17.5. The van der Waals surface area contributed by atoms with Crippen LogP contribution in [-0.2, 0) is 0 Å². The van der Waals surface area contributed by atoms with Gasteiger partial charge in [-0.1, -0.05) is 48.3 Å². The minimum Gasteiger partial charge on any atom is -0.489 e. The van der Waals surface area contributed by atoms with Crippen LogP contribution in [0.5, 0.6) is 5.75 Å². The lowest BCUT2D eigenvalue weighted by molar-refractivity contribution is 0.217. The summed E-state index contributed by atoms with van der Waals surface area (Å²) in [7, 11) is 0. The van der Waals surface area contributed by atoms with Gasteiger partial charge in [0.2, 0.25) is 0 Å². The number of hydrogen-bond donors (Lipinski definition) is 0. The number of fused-ring (bicyclic) bond motifs is 1. The Labute approximate surface area is 189 Å². The van der Waals surface area contributed by atoms with Crippen molar-refractivity contribution in [1.82, 2.24) is 9.66 Å². The first-order valence-corrected chi connectivity index (χ1v) is 11.2. The van der Waals surface area contributed by atoms with Crippen LogP contribution in [0, 0.1) is 0 Å². The standard InChI is InChI=1S/C23H25BrClN3O2/c1-5-14(3)22-27-20-9-8-17(24)12-18(20)23(29)28(22)26-13-16-7-10-21(19(25)11-16)30-15(4)6-2/h7-15H,5-6H2,1-4H3/t14-,15-/m1/s1. The monoisotopic (exact) mass is 489 g/mol. The maximum absolute atomic E-state index is 13.2. The second-order valence-corrected chi connectivity index (χ2v) is 8.65. The van der Waals surface area contributed by atoms with E-state index in [2.05, 4.69) is 34.9 Å². The fourth-order valence-electron chi connectivity index (χ4n) is 2.90. The molecule has 30 heavy (non-hydrogen) atoms. The fraction of sp³-hybridized carbons (Fsp3) is 0.348. The Kier molecular flexibility index (Phi) is 7.32. The Bertz CT molecular complexity index is 1140. The van der Waals surface area contributed by atoms with Crippen molar-refractivity contribution >= 4 is 44.6 Å². The van der Waals surface area contributed by atoms with Crippen molar-refractivity contribution in [1.29, 1.82) is 0 Å². The molecule has 0 saturated heterocycles. The molecule has 7 heteroatoms. The van der Waals surface area contributed by atoms with Crippen LogP contribution in [0.1, 0.15) is 57.8 Å². The second-order valence-electron chi connectivity index (χ2n) is 7.33. The largest absolute Gasteiger partial charge is 0.489 e. The first-order valence-electron chi connectivity index (χ1n) is 10.1. The van der Waals surface area contributed by atoms with Crippen LogP contribution in [-0.4, -0.2) is 22.0 Å². The van der Waals surface area contributed by atoms with Gasteiger partial charge in [0.15, 0.2) is 0 Å². The molecule has 3 aromatic rings. The molecule has 3 rings (SSSR count). The van der Waals surface area contributed by atoms with E-state index < -0.39 is 0 Å². The quantitative estimate of drug-likeness (QED) is 0.361. The van der Waals surface area contributed by atoms with E-state index in [0.717, 1.165) is 22.9 Å². The molecule has 2 atom stereocenters. The van der Waals surface area contributed by atoms with Gasteiger partial charge in [-0.25, -0.2) is 4.98 Å². The molecule has 158 valence electrons. The Balaban J connectivity index is 2.04. The van der Waals surface area contributed by atoms with Gasteiger partial charge in [0.25, 0.3) is 5.56 Å². The van der Waals surface area contributed by atoms with Crippen molar-refractivity contribution in [2.45, 2.75) is 52.6 Å². The molecule has 0 aliphatic carbocycles. The van der Waals surface area contributed by atoms with Crippen LogP contribution in [0.4, 0.5) is 0 Å². The molecule has 0 unspecified atom stereocenters. The third kappa shape index (κ3) is 4.93. The highest BCUT2D eigenvalue weighted by molar-refractivity contribution is 9.10. The van der Waals surface area contributed by atoms with E-state index in [-0.39, 0.29) is 17.6 Å². The number of aromatic nitrogens is 2. The summed E-state index contributed by atoms with van der Waals surface area (Å²) in [5, 5.41) is 5.50. The van der Waals surface area contributed by atoms with Crippen molar-refractivity contribution in [2.75, 3.05) is 0 Å². The lowest BCUT2D eigenvalue weighted by atomic mass is 10.1. The number of nitrogens with zero attached hydrogens (tertiary/aromatic N) is 3. The normalized spacial score (nSPS) is 13.7. The van der Waals surface area contributed by atoms with Gasteiger partial charge in [-0.3, -0.25) is 4.79 Å². The highest BCUT2D eigenvalue weighted by Gasteiger charge is 2.15. The van der Waals surface area contributed by atoms with E-state index in [4.69, 9.17) is 21.3 Å². The first kappa shape index (κ1) is 22.5. The summed E-state index contributed by atoms with van der Waals surface area (Å²) >= 11 is 9.79. The van der Waals surface area contributed by atoms with Crippen LogP contribution in [0.2, 0.25) is 5.02 Å². The third-order valence-corrected chi connectivity index (χ3v) is 5.86. The van der Waals surface area contributed by atoms with Crippen LogP contribution in [0.25, 0.3) is 10.9 Å². The summed E-state index contributed by atoms with van der Waals surface area (Å²) in [5.41, 5.74) is 1.24. The maximum Gasteiger partial charge on any atom is 0.282 e. The van der Waals surface area contributed by atoms with E-state index >= 15 is 0 Å². The van der Waals surface area contributed by atoms with Gasteiger partial charge in [-0.05, 0) is 61.7 Å². The molecule has 2 aromatic carbocycles. The number of rotatable bonds is 7. The summed E-state index contributed by atoms with van der Waals surface area (Å²) in [6.07, 6.45) is 3.45. The number of benzene rings is 2. The van der Waals surface area contributed by atoms with Crippen LogP contribution in [0.3, 0.4) is 0 Å². The molecule has 0 aliphatic rings. The van der Waals surface area contributed by atoms with Gasteiger partial charge in [0.05, 0.1) is 28.2 Å². The summed E-state index contributed by atoms with van der Waals surface area (Å²) in [6, 6.07) is 11.0. The van der Waals surface area contributed by atoms with Crippen molar-refractivity contribution in [3.05, 3.63) is 67.6 Å². The summed E-state index contributed by atoms with van der Waals surface area (Å²) in [4.78, 5) is 17.9. The molecule has 5 nitrogen and oxygen atoms in total. The second kappa shape index (κ2) is 9.75. The Morgan fingerprint density at radius 1 is 1.20 bits per heavy atom. The summed E-state index contributed by atoms with van der Waals surface area (Å²) < 4.78 is 8.02. The smallest absolute Gasteiger partial charge is 0.282 e. The van der Waals surface area contributed by atoms with Crippen molar-refractivity contribution < 1.29 is 4.74 Å². The molecule has 0 saturated carbocycles. The minimum absolute atomic E-state index is 0.0813. The molecule has 1 heterocycles. The minimum atomic E-state index is -0.198. The van der Waals surface area contributed by atoms with E-state index in [1.54, 1.807) is 18.3 Å². The molecule has 0 bridgehead atoms. The number of ether oxygens (including phenoxy) is 1. The van der Waals surface area contributed by atoms with Gasteiger partial charge >= 0.3 is 0 Å². The fourth-order valence-corrected chi connectivity index (χ4v) is 3.49. The predicted octanol–water partition coefficient (Wildman–Crippen LogP) is 6.39. The van der Waals surface area contributed by atoms with E-state index in [1.807, 2.05) is 38.1 Å². The zero-order valence-corrected chi connectivity index (χ0v) is 19.9. The molecule has 0 spiro atoms. The molecule has 0 fully saturated rings. The molecule has 0 aliphatic heterocycles. The Morgan fingerprint density at radius 3 is 2.63 bits per heavy atom. The lowest BCUT2D eigenvalue weighted by Gasteiger charge is -2.14. The van der Waals surface area contributed by atoms with Crippen LogP contribution in [0.15, 0.2) is 50.8 Å². The third-order valence-electron chi connectivity index (χ3n) is 5.07. The Morgan fingerprint density at radius 2 is 1.97 bits per heavy atom. The Hall–Kier alpha value is -2.18. The highest BCUT2D eigenvalue weighted by Crippen LogP contribution is 2.26. The predicted molar refractivity (Wildman–Crippen MR) is 127 cm³/mol.